The van der Waals surface area contributed by atoms with Crippen molar-refractivity contribution < 1.29 is 14.3 Å². The minimum absolute atomic E-state index is 0.0944. The summed E-state index contributed by atoms with van der Waals surface area (Å²) in [5.74, 6) is 0.459. The molecule has 0 saturated carbocycles. The quantitative estimate of drug-likeness (QED) is 0.863. The highest BCUT2D eigenvalue weighted by Gasteiger charge is 2.36. The Kier molecular flexibility index (Phi) is 3.19. The molecular formula is C12H13FO2S. The lowest BCUT2D eigenvalue weighted by molar-refractivity contribution is 0.0683. The number of hydrogen-bond donors (Lipinski definition) is 1. The lowest BCUT2D eigenvalue weighted by Gasteiger charge is -2.30. The molecule has 1 aliphatic heterocycles. The van der Waals surface area contributed by atoms with Gasteiger partial charge in [-0.1, -0.05) is 18.2 Å². The second-order valence-electron chi connectivity index (χ2n) is 3.93. The molecule has 1 N–H and O–H groups in total. The first-order valence-electron chi connectivity index (χ1n) is 5.23. The van der Waals surface area contributed by atoms with Crippen LogP contribution in [-0.2, 0) is 5.67 Å². The third-order valence-electron chi connectivity index (χ3n) is 2.93. The minimum Gasteiger partial charge on any atom is -0.478 e. The predicted molar refractivity (Wildman–Crippen MR) is 62.7 cm³/mol. The largest absolute Gasteiger partial charge is 0.478 e. The van der Waals surface area contributed by atoms with E-state index in [1.165, 1.54) is 6.07 Å². The lowest BCUT2D eigenvalue weighted by atomic mass is 9.86. The molecule has 0 atom stereocenters. The van der Waals surface area contributed by atoms with Crippen molar-refractivity contribution in [1.82, 2.24) is 0 Å². The second kappa shape index (κ2) is 4.45. The standard InChI is InChI=1S/C12H13FO2S/c13-12(5-7-16-8-6-12)10-4-2-1-3-9(10)11(14)15/h1-4H,5-8H2,(H,14,15). The van der Waals surface area contributed by atoms with Gasteiger partial charge in [-0.2, -0.15) is 11.8 Å². The summed E-state index contributed by atoms with van der Waals surface area (Å²) in [6, 6.07) is 6.40. The van der Waals surface area contributed by atoms with Crippen molar-refractivity contribution >= 4 is 17.7 Å². The Balaban J connectivity index is 2.42. The van der Waals surface area contributed by atoms with Crippen molar-refractivity contribution in [3.63, 3.8) is 0 Å². The Hall–Kier alpha value is -1.03. The monoisotopic (exact) mass is 240 g/mol. The fourth-order valence-corrected chi connectivity index (χ4v) is 3.16. The first-order valence-corrected chi connectivity index (χ1v) is 6.38. The van der Waals surface area contributed by atoms with Crippen molar-refractivity contribution in [2.75, 3.05) is 11.5 Å². The number of carbonyl (C=O) groups is 1. The number of aromatic carboxylic acids is 1. The highest BCUT2D eigenvalue weighted by molar-refractivity contribution is 7.99. The number of halogens is 1. The molecule has 0 unspecified atom stereocenters. The molecule has 1 saturated heterocycles. The molecule has 1 aromatic rings. The van der Waals surface area contributed by atoms with Gasteiger partial charge in [-0.15, -0.1) is 0 Å². The van der Waals surface area contributed by atoms with Crippen LogP contribution in [0.5, 0.6) is 0 Å². The summed E-state index contributed by atoms with van der Waals surface area (Å²) in [4.78, 5) is 11.0. The maximum atomic E-state index is 14.6. The van der Waals surface area contributed by atoms with Crippen LogP contribution in [-0.4, -0.2) is 22.6 Å². The smallest absolute Gasteiger partial charge is 0.336 e. The highest BCUT2D eigenvalue weighted by atomic mass is 32.2. The van der Waals surface area contributed by atoms with Crippen molar-refractivity contribution in [2.45, 2.75) is 18.5 Å². The maximum absolute atomic E-state index is 14.6. The van der Waals surface area contributed by atoms with Crippen LogP contribution in [0.25, 0.3) is 0 Å². The molecule has 1 heterocycles. The summed E-state index contributed by atoms with van der Waals surface area (Å²) in [6.07, 6.45) is 0.809. The zero-order valence-electron chi connectivity index (χ0n) is 8.78. The van der Waals surface area contributed by atoms with Crippen LogP contribution in [0, 0.1) is 0 Å². The Bertz CT molecular complexity index is 400. The van der Waals surface area contributed by atoms with Gasteiger partial charge in [0.2, 0.25) is 0 Å². The fraction of sp³-hybridized carbons (Fsp3) is 0.417. The number of benzene rings is 1. The van der Waals surface area contributed by atoms with Gasteiger partial charge in [-0.3, -0.25) is 0 Å². The molecule has 4 heteroatoms. The molecule has 86 valence electrons. The topological polar surface area (TPSA) is 37.3 Å². The van der Waals surface area contributed by atoms with E-state index in [1.807, 2.05) is 0 Å². The normalized spacial score (nSPS) is 19.3. The minimum atomic E-state index is -1.46. The number of rotatable bonds is 2. The molecule has 0 radical (unpaired) electrons. The van der Waals surface area contributed by atoms with E-state index in [2.05, 4.69) is 0 Å². The van der Waals surface area contributed by atoms with Crippen molar-refractivity contribution in [1.29, 1.82) is 0 Å². The first kappa shape index (κ1) is 11.5. The van der Waals surface area contributed by atoms with Gasteiger partial charge in [0.1, 0.15) is 5.67 Å². The summed E-state index contributed by atoms with van der Waals surface area (Å²) in [5.41, 5.74) is -1.03. The summed E-state index contributed by atoms with van der Waals surface area (Å²) >= 11 is 1.72. The molecule has 2 rings (SSSR count). The van der Waals surface area contributed by atoms with Crippen LogP contribution in [0.3, 0.4) is 0 Å². The molecule has 0 bridgehead atoms. The van der Waals surface area contributed by atoms with Crippen LogP contribution >= 0.6 is 11.8 Å². The van der Waals surface area contributed by atoms with Gasteiger partial charge >= 0.3 is 5.97 Å². The number of hydrogen-bond acceptors (Lipinski definition) is 2. The summed E-state index contributed by atoms with van der Waals surface area (Å²) in [5, 5.41) is 9.04. The van der Waals surface area contributed by atoms with Crippen LogP contribution in [0.15, 0.2) is 24.3 Å². The number of alkyl halides is 1. The van der Waals surface area contributed by atoms with Crippen LogP contribution in [0.1, 0.15) is 28.8 Å². The van der Waals surface area contributed by atoms with Crippen LogP contribution in [0.4, 0.5) is 4.39 Å². The average molecular weight is 240 g/mol. The van der Waals surface area contributed by atoms with Gasteiger partial charge in [0.05, 0.1) is 5.56 Å². The van der Waals surface area contributed by atoms with Crippen LogP contribution < -0.4 is 0 Å². The molecule has 0 spiro atoms. The molecule has 1 aromatic carbocycles. The number of carboxylic acids is 1. The van der Waals surface area contributed by atoms with Crippen molar-refractivity contribution in [2.24, 2.45) is 0 Å². The molecule has 0 aliphatic carbocycles. The van der Waals surface area contributed by atoms with Gasteiger partial charge in [0, 0.05) is 5.56 Å². The average Bonchev–Trinajstić information content (AvgIpc) is 2.30. The lowest BCUT2D eigenvalue weighted by Crippen LogP contribution is -2.28. The van der Waals surface area contributed by atoms with Gasteiger partial charge in [-0.25, -0.2) is 9.18 Å². The zero-order chi connectivity index (χ0) is 11.6. The molecular weight excluding hydrogens is 227 g/mol. The second-order valence-corrected chi connectivity index (χ2v) is 5.15. The molecule has 2 nitrogen and oxygen atoms in total. The summed E-state index contributed by atoms with van der Waals surface area (Å²) in [7, 11) is 0. The van der Waals surface area contributed by atoms with E-state index in [1.54, 1.807) is 30.0 Å². The van der Waals surface area contributed by atoms with Crippen LogP contribution in [0.2, 0.25) is 0 Å². The maximum Gasteiger partial charge on any atom is 0.336 e. The van der Waals surface area contributed by atoms with E-state index in [4.69, 9.17) is 5.11 Å². The number of carboxylic acid groups (broad SMARTS) is 1. The SMILES string of the molecule is O=C(O)c1ccccc1C1(F)CCSCC1. The van der Waals surface area contributed by atoms with Gasteiger partial charge in [0.15, 0.2) is 0 Å². The van der Waals surface area contributed by atoms with E-state index in [9.17, 15) is 9.18 Å². The summed E-state index contributed by atoms with van der Waals surface area (Å²) < 4.78 is 14.6. The first-order chi connectivity index (χ1) is 7.63. The van der Waals surface area contributed by atoms with E-state index in [0.717, 1.165) is 11.5 Å². The Morgan fingerprint density at radius 2 is 1.94 bits per heavy atom. The van der Waals surface area contributed by atoms with E-state index < -0.39 is 11.6 Å². The summed E-state index contributed by atoms with van der Waals surface area (Å²) in [6.45, 7) is 0. The van der Waals surface area contributed by atoms with Crippen molar-refractivity contribution in [3.8, 4) is 0 Å². The molecule has 1 aliphatic rings. The van der Waals surface area contributed by atoms with Gasteiger partial charge < -0.3 is 5.11 Å². The molecule has 16 heavy (non-hydrogen) atoms. The zero-order valence-corrected chi connectivity index (χ0v) is 9.60. The van der Waals surface area contributed by atoms with E-state index in [0.29, 0.717) is 18.4 Å². The molecule has 1 fully saturated rings. The molecule has 0 amide bonds. The Morgan fingerprint density at radius 3 is 2.56 bits per heavy atom. The number of thioether (sulfide) groups is 1. The van der Waals surface area contributed by atoms with Crippen molar-refractivity contribution in [3.05, 3.63) is 35.4 Å². The third kappa shape index (κ3) is 2.07. The van der Waals surface area contributed by atoms with E-state index in [-0.39, 0.29) is 5.56 Å². The highest BCUT2D eigenvalue weighted by Crippen LogP contribution is 2.40. The molecule has 0 aromatic heterocycles. The Labute approximate surface area is 97.9 Å². The van der Waals surface area contributed by atoms with E-state index >= 15 is 0 Å². The Morgan fingerprint density at radius 1 is 1.31 bits per heavy atom. The third-order valence-corrected chi connectivity index (χ3v) is 3.91. The van der Waals surface area contributed by atoms with Gasteiger partial charge in [0.25, 0.3) is 0 Å². The van der Waals surface area contributed by atoms with Gasteiger partial charge in [-0.05, 0) is 30.4 Å². The fourth-order valence-electron chi connectivity index (χ4n) is 2.02. The predicted octanol–water partition coefficient (Wildman–Crippen LogP) is 3.08.